The molecule has 5 rings (SSSR count). The zero-order chi connectivity index (χ0) is 29.1. The molecule has 0 saturated carbocycles. The number of nitrogens with zero attached hydrogens (tertiary/aromatic N) is 5. The van der Waals surface area contributed by atoms with Gasteiger partial charge in [-0.1, -0.05) is 41.9 Å². The van der Waals surface area contributed by atoms with Gasteiger partial charge in [0.2, 0.25) is 11.9 Å². The zero-order valence-corrected chi connectivity index (χ0v) is 23.5. The topological polar surface area (TPSA) is 138 Å². The molecule has 14 heteroatoms. The molecule has 3 amide bonds. The summed E-state index contributed by atoms with van der Waals surface area (Å²) < 4.78 is 10.8. The van der Waals surface area contributed by atoms with E-state index in [1.807, 2.05) is 0 Å². The normalized spacial score (nSPS) is 12.5. The first-order valence-electron chi connectivity index (χ1n) is 12.2. The van der Waals surface area contributed by atoms with Gasteiger partial charge >= 0.3 is 6.03 Å². The van der Waals surface area contributed by atoms with E-state index in [1.165, 1.54) is 36.4 Å². The van der Waals surface area contributed by atoms with Crippen LogP contribution in [0.25, 0.3) is 0 Å². The third kappa shape index (κ3) is 5.47. The number of nitrogens with one attached hydrogen (secondary N) is 3. The molecule has 0 unspecified atom stereocenters. The standard InChI is InChI=1S/C27H24Cl2N8O4/c1-4-21(38)33-17-7-5-6-8-18(17)34-26-31-10-15-12-36(24-22(28)19(40-2)9-20(41-3)23(24)29)27(39)37(25(15)35-26)13-16-11-30-14-32-16/h4-11,14H,1,12-13H2,2-3H3,(H,30,32)(H,33,38)(H,31,34,35). The minimum atomic E-state index is -0.450. The number of hydrogen-bond acceptors (Lipinski definition) is 8. The number of carbonyl (C=O) groups excluding carboxylic acids is 2. The summed E-state index contributed by atoms with van der Waals surface area (Å²) in [6.07, 6.45) is 5.91. The van der Waals surface area contributed by atoms with Gasteiger partial charge in [0, 0.05) is 24.0 Å². The number of anilines is 5. The average Bonchev–Trinajstić information content (AvgIpc) is 3.50. The third-order valence-electron chi connectivity index (χ3n) is 6.21. The van der Waals surface area contributed by atoms with Crippen LogP contribution in [0, 0.1) is 0 Å². The smallest absolute Gasteiger partial charge is 0.330 e. The van der Waals surface area contributed by atoms with E-state index >= 15 is 0 Å². The van der Waals surface area contributed by atoms with Crippen LogP contribution in [0.15, 0.2) is 61.7 Å². The number of imidazole rings is 1. The summed E-state index contributed by atoms with van der Waals surface area (Å²) in [5, 5.41) is 6.15. The molecule has 0 fully saturated rings. The number of halogens is 2. The molecule has 1 aliphatic rings. The van der Waals surface area contributed by atoms with E-state index in [0.29, 0.717) is 39.9 Å². The lowest BCUT2D eigenvalue weighted by Gasteiger charge is -2.37. The lowest BCUT2D eigenvalue weighted by atomic mass is 10.1. The van der Waals surface area contributed by atoms with Gasteiger partial charge in [-0.05, 0) is 18.2 Å². The summed E-state index contributed by atoms with van der Waals surface area (Å²) >= 11 is 13.3. The number of carbonyl (C=O) groups is 2. The summed E-state index contributed by atoms with van der Waals surface area (Å²) in [5.41, 5.74) is 2.57. The quantitative estimate of drug-likeness (QED) is 0.215. The Bertz CT molecular complexity index is 1600. The van der Waals surface area contributed by atoms with Crippen molar-refractivity contribution >= 4 is 64.0 Å². The van der Waals surface area contributed by atoms with E-state index < -0.39 is 6.03 Å². The molecular weight excluding hydrogens is 571 g/mol. The Balaban J connectivity index is 1.57. The molecule has 0 atom stereocenters. The molecule has 4 aromatic rings. The van der Waals surface area contributed by atoms with Crippen molar-refractivity contribution in [2.75, 3.05) is 34.7 Å². The summed E-state index contributed by atoms with van der Waals surface area (Å²) in [6.45, 7) is 3.66. The van der Waals surface area contributed by atoms with Gasteiger partial charge in [-0.15, -0.1) is 0 Å². The number of benzene rings is 2. The van der Waals surface area contributed by atoms with Crippen LogP contribution in [0.5, 0.6) is 11.5 Å². The maximum Gasteiger partial charge on any atom is 0.330 e. The van der Waals surface area contributed by atoms with Crippen molar-refractivity contribution in [2.24, 2.45) is 0 Å². The number of aromatic nitrogens is 4. The van der Waals surface area contributed by atoms with Crippen LogP contribution in [0.2, 0.25) is 10.0 Å². The Morgan fingerprint density at radius 1 is 1.15 bits per heavy atom. The van der Waals surface area contributed by atoms with Crippen LogP contribution in [0.4, 0.5) is 33.6 Å². The summed E-state index contributed by atoms with van der Waals surface area (Å²) in [7, 11) is 2.92. The van der Waals surface area contributed by atoms with Crippen LogP contribution in [-0.4, -0.2) is 46.1 Å². The highest BCUT2D eigenvalue weighted by atomic mass is 35.5. The van der Waals surface area contributed by atoms with Gasteiger partial charge in [0.25, 0.3) is 0 Å². The van der Waals surface area contributed by atoms with Crippen LogP contribution in [-0.2, 0) is 17.9 Å². The average molecular weight is 595 g/mol. The van der Waals surface area contributed by atoms with Crippen LogP contribution in [0.1, 0.15) is 11.3 Å². The molecular formula is C27H24Cl2N8O4. The highest BCUT2D eigenvalue weighted by molar-refractivity contribution is 6.42. The lowest BCUT2D eigenvalue weighted by molar-refractivity contribution is -0.111. The van der Waals surface area contributed by atoms with Crippen molar-refractivity contribution in [3.8, 4) is 11.5 Å². The first-order valence-corrected chi connectivity index (χ1v) is 12.9. The van der Waals surface area contributed by atoms with E-state index in [9.17, 15) is 9.59 Å². The Morgan fingerprint density at radius 2 is 1.85 bits per heavy atom. The molecule has 0 aliphatic carbocycles. The molecule has 0 spiro atoms. The highest BCUT2D eigenvalue weighted by Crippen LogP contribution is 2.48. The highest BCUT2D eigenvalue weighted by Gasteiger charge is 2.37. The predicted octanol–water partition coefficient (Wildman–Crippen LogP) is 5.54. The minimum Gasteiger partial charge on any atom is -0.495 e. The van der Waals surface area contributed by atoms with E-state index in [1.54, 1.807) is 42.7 Å². The summed E-state index contributed by atoms with van der Waals surface area (Å²) in [5.74, 6) is 0.792. The molecule has 2 aromatic carbocycles. The van der Waals surface area contributed by atoms with Crippen molar-refractivity contribution in [1.82, 2.24) is 19.9 Å². The number of methoxy groups -OCH3 is 2. The number of amides is 3. The number of rotatable bonds is 9. The Hall–Kier alpha value is -4.81. The van der Waals surface area contributed by atoms with Gasteiger partial charge in [0.05, 0.1) is 56.4 Å². The molecule has 12 nitrogen and oxygen atoms in total. The van der Waals surface area contributed by atoms with Gasteiger partial charge < -0.3 is 25.1 Å². The predicted molar refractivity (Wildman–Crippen MR) is 156 cm³/mol. The van der Waals surface area contributed by atoms with Crippen LogP contribution < -0.4 is 29.9 Å². The zero-order valence-electron chi connectivity index (χ0n) is 21.9. The van der Waals surface area contributed by atoms with E-state index in [-0.39, 0.29) is 40.7 Å². The molecule has 1 aliphatic heterocycles. The fourth-order valence-electron chi connectivity index (χ4n) is 4.25. The number of hydrogen-bond donors (Lipinski definition) is 3. The monoisotopic (exact) mass is 594 g/mol. The van der Waals surface area contributed by atoms with Crippen molar-refractivity contribution in [3.63, 3.8) is 0 Å². The van der Waals surface area contributed by atoms with Gasteiger partial charge in [0.15, 0.2) is 0 Å². The second kappa shape index (κ2) is 11.7. The molecule has 3 N–H and O–H groups in total. The largest absolute Gasteiger partial charge is 0.495 e. The number of H-pyrrole nitrogens is 1. The van der Waals surface area contributed by atoms with Crippen molar-refractivity contribution < 1.29 is 19.1 Å². The fraction of sp³-hybridized carbons (Fsp3) is 0.148. The maximum absolute atomic E-state index is 14.1. The minimum absolute atomic E-state index is 0.0651. The number of ether oxygens (including phenoxy) is 2. The number of urea groups is 1. The third-order valence-corrected chi connectivity index (χ3v) is 6.94. The first kappa shape index (κ1) is 27.7. The molecule has 0 bridgehead atoms. The van der Waals surface area contributed by atoms with Crippen molar-refractivity contribution in [2.45, 2.75) is 13.1 Å². The molecule has 41 heavy (non-hydrogen) atoms. The van der Waals surface area contributed by atoms with Crippen molar-refractivity contribution in [3.05, 3.63) is 83.0 Å². The SMILES string of the molecule is C=CC(=O)Nc1ccccc1Nc1ncc2c(n1)N(Cc1cnc[nH]1)C(=O)N(c1c(Cl)c(OC)cc(OC)c1Cl)C2. The molecule has 0 saturated heterocycles. The lowest BCUT2D eigenvalue weighted by Crippen LogP contribution is -2.48. The maximum atomic E-state index is 14.1. The fourth-order valence-corrected chi connectivity index (χ4v) is 4.96. The molecule has 210 valence electrons. The molecule has 2 aromatic heterocycles. The summed E-state index contributed by atoms with van der Waals surface area (Å²) in [6, 6.07) is 8.16. The van der Waals surface area contributed by atoms with Crippen LogP contribution in [0.3, 0.4) is 0 Å². The van der Waals surface area contributed by atoms with Gasteiger partial charge in [-0.3, -0.25) is 14.6 Å². The van der Waals surface area contributed by atoms with E-state index in [2.05, 4.69) is 37.1 Å². The van der Waals surface area contributed by atoms with Gasteiger partial charge in [-0.25, -0.2) is 14.8 Å². The van der Waals surface area contributed by atoms with Crippen LogP contribution >= 0.6 is 23.2 Å². The number of para-hydroxylation sites is 2. The molecule has 3 heterocycles. The number of fused-ring (bicyclic) bond motifs is 1. The summed E-state index contributed by atoms with van der Waals surface area (Å²) in [4.78, 5) is 45.1. The van der Waals surface area contributed by atoms with Gasteiger partial charge in [0.1, 0.15) is 27.4 Å². The van der Waals surface area contributed by atoms with Gasteiger partial charge in [-0.2, -0.15) is 4.98 Å². The van der Waals surface area contributed by atoms with E-state index in [4.69, 9.17) is 32.7 Å². The Kier molecular flexibility index (Phi) is 7.95. The Morgan fingerprint density at radius 3 is 2.49 bits per heavy atom. The van der Waals surface area contributed by atoms with Crippen molar-refractivity contribution in [1.29, 1.82) is 0 Å². The second-order valence-electron chi connectivity index (χ2n) is 8.70. The number of aromatic amines is 1. The first-order chi connectivity index (χ1) is 19.8. The molecule has 0 radical (unpaired) electrons. The second-order valence-corrected chi connectivity index (χ2v) is 9.45. The Labute approximate surface area is 244 Å². The van der Waals surface area contributed by atoms with E-state index in [0.717, 1.165) is 0 Å².